The van der Waals surface area contributed by atoms with Gasteiger partial charge in [0.1, 0.15) is 0 Å². The van der Waals surface area contributed by atoms with Crippen molar-refractivity contribution in [3.8, 4) is 0 Å². The molecule has 0 N–H and O–H groups in total. The van der Waals surface area contributed by atoms with Gasteiger partial charge >= 0.3 is 6.47 Å². The van der Waals surface area contributed by atoms with E-state index in [4.69, 9.17) is 4.74 Å². The van der Waals surface area contributed by atoms with Gasteiger partial charge in [-0.15, -0.1) is 0 Å². The summed E-state index contributed by atoms with van der Waals surface area (Å²) in [5, 5.41) is 0. The molecule has 12 heavy (non-hydrogen) atoms. The molecule has 71 valence electrons. The van der Waals surface area contributed by atoms with Crippen molar-refractivity contribution in [1.29, 1.82) is 0 Å². The zero-order valence-electron chi connectivity index (χ0n) is 8.52. The lowest BCUT2D eigenvalue weighted by molar-refractivity contribution is 0.0848. The molecule has 0 spiro atoms. The van der Waals surface area contributed by atoms with E-state index in [2.05, 4.69) is 27.7 Å². The van der Waals surface area contributed by atoms with Crippen LogP contribution in [0.3, 0.4) is 0 Å². The van der Waals surface area contributed by atoms with Crippen LogP contribution in [0.2, 0.25) is 0 Å². The first-order valence-electron chi connectivity index (χ1n) is 4.59. The molecular weight excluding hydrogens is 152 g/mol. The van der Waals surface area contributed by atoms with Crippen LogP contribution in [-0.2, 0) is 9.53 Å². The number of hydrogen-bond acceptors (Lipinski definition) is 2. The third kappa shape index (κ3) is 2.84. The fourth-order valence-corrected chi connectivity index (χ4v) is 1.28. The average molecular weight is 171 g/mol. The van der Waals surface area contributed by atoms with Crippen LogP contribution in [0.15, 0.2) is 0 Å². The minimum atomic E-state index is 0.117. The van der Waals surface area contributed by atoms with E-state index in [9.17, 15) is 4.79 Å². The van der Waals surface area contributed by atoms with E-state index in [1.54, 1.807) is 0 Å². The highest BCUT2D eigenvalue weighted by Crippen LogP contribution is 2.33. The van der Waals surface area contributed by atoms with Crippen LogP contribution in [0.25, 0.3) is 0 Å². The largest absolute Gasteiger partial charge is 0.457 e. The van der Waals surface area contributed by atoms with Gasteiger partial charge in [-0.2, -0.15) is 0 Å². The quantitative estimate of drug-likeness (QED) is 0.614. The van der Waals surface area contributed by atoms with Crippen LogP contribution in [0.4, 0.5) is 0 Å². The van der Waals surface area contributed by atoms with Crippen LogP contribution < -0.4 is 0 Å². The molecular formula is C10H19O2. The monoisotopic (exact) mass is 171 g/mol. The van der Waals surface area contributed by atoms with Crippen molar-refractivity contribution in [3.05, 3.63) is 0 Å². The molecule has 0 heterocycles. The van der Waals surface area contributed by atoms with Gasteiger partial charge in [-0.05, 0) is 12.3 Å². The van der Waals surface area contributed by atoms with Gasteiger partial charge in [0.2, 0.25) is 0 Å². The van der Waals surface area contributed by atoms with Crippen LogP contribution in [0.5, 0.6) is 0 Å². The second kappa shape index (κ2) is 5.18. The highest BCUT2D eigenvalue weighted by Gasteiger charge is 2.28. The Bertz CT molecular complexity index is 134. The van der Waals surface area contributed by atoms with Crippen molar-refractivity contribution in [3.63, 3.8) is 0 Å². The van der Waals surface area contributed by atoms with Gasteiger partial charge in [-0.1, -0.05) is 34.1 Å². The summed E-state index contributed by atoms with van der Waals surface area (Å²) in [5.41, 5.74) is 0.117. The lowest BCUT2D eigenvalue weighted by Crippen LogP contribution is -2.29. The molecule has 0 aromatic heterocycles. The molecule has 0 bridgehead atoms. The lowest BCUT2D eigenvalue weighted by atomic mass is 9.75. The van der Waals surface area contributed by atoms with Gasteiger partial charge in [0, 0.05) is 5.41 Å². The third-order valence-corrected chi connectivity index (χ3v) is 3.07. The highest BCUT2D eigenvalue weighted by atomic mass is 16.5. The normalized spacial score (nSPS) is 18.0. The maximum Gasteiger partial charge on any atom is 0.417 e. The standard InChI is InChI=1S/C10H19O2/c1-5-9(3)10(4,6-2)7-12-8-11/h9H,5-7H2,1-4H3. The lowest BCUT2D eigenvalue weighted by Gasteiger charge is -2.32. The van der Waals surface area contributed by atoms with Gasteiger partial charge in [-0.3, -0.25) is 0 Å². The zero-order chi connectivity index (χ0) is 9.61. The molecule has 2 unspecified atom stereocenters. The molecule has 0 aliphatic carbocycles. The Morgan fingerprint density at radius 1 is 1.50 bits per heavy atom. The topological polar surface area (TPSA) is 26.3 Å². The maximum absolute atomic E-state index is 9.93. The smallest absolute Gasteiger partial charge is 0.417 e. The fourth-order valence-electron chi connectivity index (χ4n) is 1.28. The Kier molecular flexibility index (Phi) is 4.95. The van der Waals surface area contributed by atoms with Gasteiger partial charge < -0.3 is 4.74 Å². The van der Waals surface area contributed by atoms with E-state index in [1.165, 1.54) is 6.47 Å². The Morgan fingerprint density at radius 2 is 2.08 bits per heavy atom. The molecule has 2 nitrogen and oxygen atoms in total. The molecule has 0 saturated heterocycles. The van der Waals surface area contributed by atoms with E-state index in [0.29, 0.717) is 12.5 Å². The predicted octanol–water partition coefficient (Wildman–Crippen LogP) is 2.53. The Hall–Kier alpha value is -0.530. The molecule has 0 saturated carbocycles. The third-order valence-electron chi connectivity index (χ3n) is 3.07. The molecule has 0 fully saturated rings. The van der Waals surface area contributed by atoms with Crippen LogP contribution in [0, 0.1) is 11.3 Å². The molecule has 0 amide bonds. The summed E-state index contributed by atoms with van der Waals surface area (Å²) in [6, 6.07) is 0. The SMILES string of the molecule is CCC(C)C(C)(CC)CO[C]=O. The second-order valence-corrected chi connectivity index (χ2v) is 3.69. The summed E-state index contributed by atoms with van der Waals surface area (Å²) >= 11 is 0. The maximum atomic E-state index is 9.93. The van der Waals surface area contributed by atoms with Crippen LogP contribution >= 0.6 is 0 Å². The van der Waals surface area contributed by atoms with Crippen molar-refractivity contribution in [2.24, 2.45) is 11.3 Å². The van der Waals surface area contributed by atoms with Crippen molar-refractivity contribution in [2.45, 2.75) is 40.5 Å². The molecule has 0 aromatic carbocycles. The van der Waals surface area contributed by atoms with E-state index < -0.39 is 0 Å². The number of carbonyl (C=O) groups excluding carboxylic acids is 1. The van der Waals surface area contributed by atoms with Crippen molar-refractivity contribution in [2.75, 3.05) is 6.61 Å². The summed E-state index contributed by atoms with van der Waals surface area (Å²) in [4.78, 5) is 9.93. The summed E-state index contributed by atoms with van der Waals surface area (Å²) in [6.45, 7) is 10.6. The molecule has 0 rings (SSSR count). The van der Waals surface area contributed by atoms with Crippen LogP contribution in [-0.4, -0.2) is 13.1 Å². The first-order chi connectivity index (χ1) is 5.60. The second-order valence-electron chi connectivity index (χ2n) is 3.69. The number of ether oxygens (including phenoxy) is 1. The average Bonchev–Trinajstić information content (AvgIpc) is 2.12. The van der Waals surface area contributed by atoms with Crippen molar-refractivity contribution in [1.82, 2.24) is 0 Å². The summed E-state index contributed by atoms with van der Waals surface area (Å²) in [6.07, 6.45) is 2.15. The highest BCUT2D eigenvalue weighted by molar-refractivity contribution is 5.38. The van der Waals surface area contributed by atoms with Crippen LogP contribution in [0.1, 0.15) is 40.5 Å². The number of hydrogen-bond donors (Lipinski definition) is 0. The van der Waals surface area contributed by atoms with Gasteiger partial charge in [0.05, 0.1) is 6.61 Å². The van der Waals surface area contributed by atoms with E-state index in [-0.39, 0.29) is 5.41 Å². The van der Waals surface area contributed by atoms with E-state index in [1.807, 2.05) is 0 Å². The molecule has 1 radical (unpaired) electrons. The Morgan fingerprint density at radius 3 is 2.42 bits per heavy atom. The van der Waals surface area contributed by atoms with Gasteiger partial charge in [-0.25, -0.2) is 4.79 Å². The van der Waals surface area contributed by atoms with Crippen molar-refractivity contribution < 1.29 is 9.53 Å². The number of rotatable bonds is 6. The van der Waals surface area contributed by atoms with Gasteiger partial charge in [0.25, 0.3) is 0 Å². The molecule has 0 aliphatic rings. The minimum absolute atomic E-state index is 0.117. The summed E-state index contributed by atoms with van der Waals surface area (Å²) < 4.78 is 4.71. The predicted molar refractivity (Wildman–Crippen MR) is 49.5 cm³/mol. The van der Waals surface area contributed by atoms with Gasteiger partial charge in [0.15, 0.2) is 0 Å². The minimum Gasteiger partial charge on any atom is -0.457 e. The van der Waals surface area contributed by atoms with Crippen molar-refractivity contribution >= 4 is 6.47 Å². The molecule has 2 atom stereocenters. The zero-order valence-corrected chi connectivity index (χ0v) is 8.52. The fraction of sp³-hybridized carbons (Fsp3) is 0.900. The molecule has 0 aliphatic heterocycles. The summed E-state index contributed by atoms with van der Waals surface area (Å²) in [7, 11) is 0. The Labute approximate surface area is 75.3 Å². The van der Waals surface area contributed by atoms with E-state index in [0.717, 1.165) is 12.8 Å². The van der Waals surface area contributed by atoms with E-state index >= 15 is 0 Å². The molecule has 2 heteroatoms. The summed E-state index contributed by atoms with van der Waals surface area (Å²) in [5.74, 6) is 0.579. The first kappa shape index (κ1) is 11.5. The first-order valence-corrected chi connectivity index (χ1v) is 4.59. The Balaban J connectivity index is 4.11. The molecule has 0 aromatic rings.